The van der Waals surface area contributed by atoms with E-state index in [4.69, 9.17) is 0 Å². The molecule has 0 aliphatic heterocycles. The Balaban J connectivity index is 1.85. The van der Waals surface area contributed by atoms with Crippen LogP contribution in [0.25, 0.3) is 0 Å². The Kier molecular flexibility index (Phi) is 8.05. The summed E-state index contributed by atoms with van der Waals surface area (Å²) in [7, 11) is 0. The summed E-state index contributed by atoms with van der Waals surface area (Å²) in [5.74, 6) is 1.18. The van der Waals surface area contributed by atoms with Crippen LogP contribution in [-0.4, -0.2) is 29.6 Å². The fourth-order valence-corrected chi connectivity index (χ4v) is 2.97. The van der Waals surface area contributed by atoms with Crippen molar-refractivity contribution in [2.45, 2.75) is 24.9 Å². The van der Waals surface area contributed by atoms with Crippen molar-refractivity contribution in [3.8, 4) is 0 Å². The molecule has 0 heterocycles. The largest absolute Gasteiger partial charge is 0.334 e. The number of hydrogen-bond donors (Lipinski definition) is 4. The Morgan fingerprint density at radius 2 is 1.12 bits per heavy atom. The number of thiol groups is 2. The van der Waals surface area contributed by atoms with Crippen LogP contribution in [0.15, 0.2) is 60.7 Å². The van der Waals surface area contributed by atoms with Gasteiger partial charge in [-0.05, 0) is 24.0 Å². The fourth-order valence-electron chi connectivity index (χ4n) is 2.53. The van der Waals surface area contributed by atoms with Gasteiger partial charge in [-0.15, -0.1) is 0 Å². The van der Waals surface area contributed by atoms with Crippen LogP contribution < -0.4 is 10.6 Å². The Morgan fingerprint density at radius 1 is 0.750 bits per heavy atom. The summed E-state index contributed by atoms with van der Waals surface area (Å²) in [4.78, 5) is 12.3. The van der Waals surface area contributed by atoms with Crippen LogP contribution in [0, 0.1) is 0 Å². The first-order chi connectivity index (χ1) is 11.7. The molecule has 2 amide bonds. The highest BCUT2D eigenvalue weighted by Crippen LogP contribution is 2.06. The Bertz CT molecular complexity index is 554. The second-order valence-corrected chi connectivity index (χ2v) is 6.49. The quantitative estimate of drug-likeness (QED) is 0.536. The molecule has 0 saturated carbocycles. The molecule has 2 rings (SSSR count). The Hall–Kier alpha value is -1.59. The number of hydrogen-bond acceptors (Lipinski definition) is 3. The van der Waals surface area contributed by atoms with Gasteiger partial charge in [0.15, 0.2) is 0 Å². The van der Waals surface area contributed by atoms with Crippen molar-refractivity contribution in [3.63, 3.8) is 0 Å². The van der Waals surface area contributed by atoms with Gasteiger partial charge in [-0.25, -0.2) is 4.79 Å². The van der Waals surface area contributed by atoms with Gasteiger partial charge in [-0.3, -0.25) is 0 Å². The zero-order valence-corrected chi connectivity index (χ0v) is 15.3. The average Bonchev–Trinajstić information content (AvgIpc) is 2.62. The van der Waals surface area contributed by atoms with Crippen LogP contribution in [0.3, 0.4) is 0 Å². The standard InChI is InChI=1S/C19H24N2OS2/c22-19(20-17(13-23)11-15-7-3-1-4-8-15)21-18(14-24)12-16-9-5-2-6-10-16/h1-10,17-18,23-24H,11-14H2,(H2,20,21,22). The highest BCUT2D eigenvalue weighted by molar-refractivity contribution is 7.80. The zero-order chi connectivity index (χ0) is 17.2. The number of urea groups is 1. The molecule has 3 nitrogen and oxygen atoms in total. The van der Waals surface area contributed by atoms with Crippen LogP contribution in [0.5, 0.6) is 0 Å². The second kappa shape index (κ2) is 10.3. The van der Waals surface area contributed by atoms with E-state index in [-0.39, 0.29) is 18.1 Å². The number of rotatable bonds is 8. The van der Waals surface area contributed by atoms with Gasteiger partial charge >= 0.3 is 6.03 Å². The van der Waals surface area contributed by atoms with Crippen molar-refractivity contribution < 1.29 is 4.79 Å². The molecule has 24 heavy (non-hydrogen) atoms. The summed E-state index contributed by atoms with van der Waals surface area (Å²) in [5, 5.41) is 6.01. The van der Waals surface area contributed by atoms with E-state index in [9.17, 15) is 4.79 Å². The molecule has 2 aromatic carbocycles. The normalized spacial score (nSPS) is 13.1. The molecule has 2 atom stereocenters. The van der Waals surface area contributed by atoms with Gasteiger partial charge < -0.3 is 10.6 Å². The van der Waals surface area contributed by atoms with Gasteiger partial charge in [0.1, 0.15) is 0 Å². The molecule has 0 spiro atoms. The first-order valence-corrected chi connectivity index (χ1v) is 9.34. The zero-order valence-electron chi connectivity index (χ0n) is 13.6. The maximum absolute atomic E-state index is 12.3. The molecule has 0 radical (unpaired) electrons. The van der Waals surface area contributed by atoms with Crippen LogP contribution in [0.1, 0.15) is 11.1 Å². The third-order valence-electron chi connectivity index (χ3n) is 3.76. The van der Waals surface area contributed by atoms with Crippen molar-refractivity contribution in [1.82, 2.24) is 10.6 Å². The third kappa shape index (κ3) is 6.49. The van der Waals surface area contributed by atoms with E-state index in [1.807, 2.05) is 36.4 Å². The second-order valence-electron chi connectivity index (χ2n) is 5.76. The summed E-state index contributed by atoms with van der Waals surface area (Å²) in [5.41, 5.74) is 2.37. The lowest BCUT2D eigenvalue weighted by atomic mass is 10.1. The lowest BCUT2D eigenvalue weighted by molar-refractivity contribution is 0.235. The molecule has 0 aliphatic carbocycles. The molecule has 2 N–H and O–H groups in total. The van der Waals surface area contributed by atoms with Gasteiger partial charge in [0.25, 0.3) is 0 Å². The Morgan fingerprint density at radius 3 is 1.46 bits per heavy atom. The minimum Gasteiger partial charge on any atom is -0.334 e. The van der Waals surface area contributed by atoms with Crippen molar-refractivity contribution in [2.24, 2.45) is 0 Å². The van der Waals surface area contributed by atoms with E-state index in [1.54, 1.807) is 0 Å². The minimum atomic E-state index is -0.167. The van der Waals surface area contributed by atoms with E-state index >= 15 is 0 Å². The molecule has 0 bridgehead atoms. The maximum Gasteiger partial charge on any atom is 0.315 e. The smallest absolute Gasteiger partial charge is 0.315 e. The van der Waals surface area contributed by atoms with E-state index in [0.717, 1.165) is 12.8 Å². The lowest BCUT2D eigenvalue weighted by Gasteiger charge is -2.21. The predicted molar refractivity (Wildman–Crippen MR) is 107 cm³/mol. The summed E-state index contributed by atoms with van der Waals surface area (Å²) < 4.78 is 0. The summed E-state index contributed by atoms with van der Waals surface area (Å²) >= 11 is 8.71. The molecule has 2 unspecified atom stereocenters. The summed E-state index contributed by atoms with van der Waals surface area (Å²) in [6.45, 7) is 0. The van der Waals surface area contributed by atoms with Crippen molar-refractivity contribution in [2.75, 3.05) is 11.5 Å². The Labute approximate surface area is 155 Å². The van der Waals surface area contributed by atoms with E-state index in [0.29, 0.717) is 11.5 Å². The molecule has 2 aromatic rings. The topological polar surface area (TPSA) is 41.1 Å². The highest BCUT2D eigenvalue weighted by Gasteiger charge is 2.15. The van der Waals surface area contributed by atoms with Gasteiger partial charge in [-0.2, -0.15) is 25.3 Å². The number of carbonyl (C=O) groups excluding carboxylic acids is 1. The highest BCUT2D eigenvalue weighted by atomic mass is 32.1. The van der Waals surface area contributed by atoms with Crippen LogP contribution in [-0.2, 0) is 12.8 Å². The monoisotopic (exact) mass is 360 g/mol. The number of amides is 2. The average molecular weight is 361 g/mol. The number of nitrogens with one attached hydrogen (secondary N) is 2. The molecule has 128 valence electrons. The van der Waals surface area contributed by atoms with Crippen LogP contribution in [0.4, 0.5) is 4.79 Å². The first-order valence-electron chi connectivity index (χ1n) is 8.08. The van der Waals surface area contributed by atoms with Gasteiger partial charge in [-0.1, -0.05) is 60.7 Å². The third-order valence-corrected chi connectivity index (χ3v) is 4.64. The molecular formula is C19H24N2OS2. The van der Waals surface area contributed by atoms with Gasteiger partial charge in [0.05, 0.1) is 0 Å². The fraction of sp³-hybridized carbons (Fsp3) is 0.316. The number of carbonyl (C=O) groups is 1. The predicted octanol–water partition coefficient (Wildman–Crippen LogP) is 3.37. The molecule has 0 aromatic heterocycles. The molecule has 5 heteroatoms. The molecule has 0 saturated heterocycles. The molecule has 0 fully saturated rings. The van der Waals surface area contributed by atoms with Crippen molar-refractivity contribution in [3.05, 3.63) is 71.8 Å². The van der Waals surface area contributed by atoms with Crippen molar-refractivity contribution >= 4 is 31.3 Å². The first kappa shape index (κ1) is 18.7. The number of benzene rings is 2. The summed E-state index contributed by atoms with van der Waals surface area (Å²) in [6, 6.07) is 20.0. The molecular weight excluding hydrogens is 336 g/mol. The summed E-state index contributed by atoms with van der Waals surface area (Å²) in [6.07, 6.45) is 1.53. The molecule has 0 aliphatic rings. The van der Waals surface area contributed by atoms with Crippen LogP contribution >= 0.6 is 25.3 Å². The minimum absolute atomic E-state index is 0.00646. The maximum atomic E-state index is 12.3. The van der Waals surface area contributed by atoms with Gasteiger partial charge in [0, 0.05) is 23.6 Å². The van der Waals surface area contributed by atoms with Crippen LogP contribution in [0.2, 0.25) is 0 Å². The lowest BCUT2D eigenvalue weighted by Crippen LogP contribution is -2.48. The SMILES string of the molecule is O=C(NC(CS)Cc1ccccc1)NC(CS)Cc1ccccc1. The van der Waals surface area contributed by atoms with Crippen molar-refractivity contribution in [1.29, 1.82) is 0 Å². The van der Waals surface area contributed by atoms with Gasteiger partial charge in [0.2, 0.25) is 0 Å². The van der Waals surface area contributed by atoms with E-state index in [1.165, 1.54) is 11.1 Å². The van der Waals surface area contributed by atoms with E-state index < -0.39 is 0 Å². The van der Waals surface area contributed by atoms with E-state index in [2.05, 4.69) is 60.2 Å².